The fourth-order valence-electron chi connectivity index (χ4n) is 0.598. The second-order valence-electron chi connectivity index (χ2n) is 2.84. The molecule has 0 amide bonds. The zero-order valence-electron chi connectivity index (χ0n) is 8.22. The maximum atomic E-state index is 11.8. The Labute approximate surface area is 122 Å². The fourth-order valence-corrected chi connectivity index (χ4v) is 2.23. The highest BCUT2D eigenvalue weighted by Gasteiger charge is 2.43. The molecule has 3 atom stereocenters. The van der Waals surface area contributed by atoms with E-state index in [9.17, 15) is 22.2 Å². The summed E-state index contributed by atoms with van der Waals surface area (Å²) in [5.41, 5.74) is 5.07. The largest absolute Gasteiger partial charge is 0.490 e. The molecule has 18 heavy (non-hydrogen) atoms. The van der Waals surface area contributed by atoms with Crippen molar-refractivity contribution in [1.29, 1.82) is 0 Å². The number of hydrogen-bond donors (Lipinski definition) is 1. The van der Waals surface area contributed by atoms with Gasteiger partial charge in [0.05, 0.1) is 16.2 Å². The molecule has 12 heteroatoms. The number of alkyl halides is 7. The summed E-state index contributed by atoms with van der Waals surface area (Å²) in [6.07, 6.45) is -7.04. The van der Waals surface area contributed by atoms with E-state index in [0.717, 1.165) is 0 Å². The van der Waals surface area contributed by atoms with Crippen molar-refractivity contribution in [2.45, 2.75) is 20.9 Å². The van der Waals surface area contributed by atoms with E-state index in [4.69, 9.17) is 52.1 Å². The molecule has 0 aromatic carbocycles. The second kappa shape index (κ2) is 6.81. The van der Waals surface area contributed by atoms with Gasteiger partial charge in [-0.3, -0.25) is 9.94 Å². The Morgan fingerprint density at radius 3 is 2.11 bits per heavy atom. The average Bonchev–Trinajstić information content (AvgIpc) is 2.14. The summed E-state index contributed by atoms with van der Waals surface area (Å²) in [6.45, 7) is 0. The Morgan fingerprint density at radius 2 is 1.78 bits per heavy atom. The molecule has 0 radical (unpaired) electrons. The van der Waals surface area contributed by atoms with Gasteiger partial charge in [-0.15, -0.1) is 11.6 Å². The van der Waals surface area contributed by atoms with Crippen LogP contribution in [0.3, 0.4) is 0 Å². The lowest BCUT2D eigenvalue weighted by Crippen LogP contribution is -2.43. The molecule has 0 aromatic rings. The summed E-state index contributed by atoms with van der Waals surface area (Å²) in [4.78, 5) is 10.4. The van der Waals surface area contributed by atoms with Gasteiger partial charge in [0.15, 0.2) is 6.23 Å². The zero-order chi connectivity index (χ0) is 14.7. The summed E-state index contributed by atoms with van der Waals surface area (Å²) < 4.78 is 48.4. The molecule has 4 nitrogen and oxygen atoms in total. The highest BCUT2D eigenvalue weighted by atomic mass is 35.6. The minimum absolute atomic E-state index is 0.565. The minimum atomic E-state index is -5.21. The minimum Gasteiger partial charge on any atom is -0.438 e. The zero-order valence-corrected chi connectivity index (χ0v) is 12.1. The molecule has 0 spiro atoms. The van der Waals surface area contributed by atoms with E-state index in [1.54, 1.807) is 0 Å². The van der Waals surface area contributed by atoms with Crippen LogP contribution in [0.4, 0.5) is 13.2 Å². The summed E-state index contributed by atoms with van der Waals surface area (Å²) in [5, 5.41) is -1.41. The fraction of sp³-hybridized carbons (Fsp3) is 0.833. The van der Waals surface area contributed by atoms with Crippen LogP contribution in [0.15, 0.2) is 0 Å². The van der Waals surface area contributed by atoms with Gasteiger partial charge in [0.2, 0.25) is 0 Å². The Bertz CT molecular complexity index is 303. The number of nitrogens with two attached hydrogens (primary N) is 1. The lowest BCUT2D eigenvalue weighted by Gasteiger charge is -2.20. The summed E-state index contributed by atoms with van der Waals surface area (Å²) in [7, 11) is -2.11. The standard InChI is InChI=1S/C6H6Cl4F3NO3S/c7-2(1-18(16)6(8,9)10)3(14)17-4(15)5(11,12)13/h2-3H,1,14H2. The molecule has 108 valence electrons. The van der Waals surface area contributed by atoms with E-state index in [-0.39, 0.29) is 0 Å². The normalized spacial score (nSPS) is 18.0. The van der Waals surface area contributed by atoms with Gasteiger partial charge < -0.3 is 4.74 Å². The van der Waals surface area contributed by atoms with Crippen molar-refractivity contribution in [3.63, 3.8) is 0 Å². The van der Waals surface area contributed by atoms with Crippen molar-refractivity contribution in [3.05, 3.63) is 0 Å². The van der Waals surface area contributed by atoms with E-state index in [2.05, 4.69) is 4.74 Å². The molecule has 0 rings (SSSR count). The quantitative estimate of drug-likeness (QED) is 0.467. The number of ether oxygens (including phenoxy) is 1. The van der Waals surface area contributed by atoms with Crippen LogP contribution in [0.1, 0.15) is 0 Å². The molecule has 0 aromatic heterocycles. The third-order valence-electron chi connectivity index (χ3n) is 1.40. The van der Waals surface area contributed by atoms with E-state index in [0.29, 0.717) is 0 Å². The molecule has 0 heterocycles. The van der Waals surface area contributed by atoms with Crippen LogP contribution in [-0.4, -0.2) is 36.8 Å². The van der Waals surface area contributed by atoms with Gasteiger partial charge in [-0.2, -0.15) is 13.2 Å². The van der Waals surface area contributed by atoms with Crippen LogP contribution in [0.5, 0.6) is 0 Å². The maximum absolute atomic E-state index is 11.8. The third kappa shape index (κ3) is 6.63. The second-order valence-corrected chi connectivity index (χ2v) is 7.99. The molecule has 0 bridgehead atoms. The van der Waals surface area contributed by atoms with Gasteiger partial charge in [-0.1, -0.05) is 34.8 Å². The van der Waals surface area contributed by atoms with Gasteiger partial charge in [-0.05, 0) is 0 Å². The lowest BCUT2D eigenvalue weighted by molar-refractivity contribution is -0.204. The number of esters is 1. The number of rotatable bonds is 4. The smallest absolute Gasteiger partial charge is 0.438 e. The van der Waals surface area contributed by atoms with Gasteiger partial charge in [0.25, 0.3) is 3.12 Å². The molecule has 0 fully saturated rings. The predicted molar refractivity (Wildman–Crippen MR) is 63.1 cm³/mol. The number of carbonyl (C=O) groups is 1. The van der Waals surface area contributed by atoms with Crippen molar-refractivity contribution < 1.29 is 26.9 Å². The summed E-state index contributed by atoms with van der Waals surface area (Å²) >= 11 is 21.3. The SMILES string of the molecule is NC(OC(=O)C(F)(F)F)C(Cl)CS(=O)C(Cl)(Cl)Cl. The molecule has 0 aliphatic rings. The van der Waals surface area contributed by atoms with Crippen LogP contribution in [0.25, 0.3) is 0 Å². The Balaban J connectivity index is 4.41. The van der Waals surface area contributed by atoms with Crippen molar-refractivity contribution in [2.75, 3.05) is 5.75 Å². The molecule has 0 aliphatic carbocycles. The lowest BCUT2D eigenvalue weighted by atomic mass is 10.4. The van der Waals surface area contributed by atoms with Gasteiger partial charge in [0.1, 0.15) is 0 Å². The van der Waals surface area contributed by atoms with Gasteiger partial charge in [0, 0.05) is 5.75 Å². The Hall–Kier alpha value is 0.530. The molecular formula is C6H6Cl4F3NO3S. The topological polar surface area (TPSA) is 69.4 Å². The molecule has 0 saturated heterocycles. The molecule has 0 saturated carbocycles. The Morgan fingerprint density at radius 1 is 1.33 bits per heavy atom. The first kappa shape index (κ1) is 18.5. The van der Waals surface area contributed by atoms with Crippen LogP contribution < -0.4 is 5.73 Å². The van der Waals surface area contributed by atoms with Crippen LogP contribution in [-0.2, 0) is 20.3 Å². The number of hydrogen-bond acceptors (Lipinski definition) is 4. The number of halogens is 7. The van der Waals surface area contributed by atoms with Crippen molar-refractivity contribution in [2.24, 2.45) is 5.73 Å². The Kier molecular flexibility index (Phi) is 7.01. The van der Waals surface area contributed by atoms with Crippen LogP contribution in [0, 0.1) is 0 Å². The van der Waals surface area contributed by atoms with Crippen LogP contribution >= 0.6 is 46.4 Å². The summed E-state index contributed by atoms with van der Waals surface area (Å²) in [6, 6.07) is 0. The van der Waals surface area contributed by atoms with Gasteiger partial charge in [-0.25, -0.2) is 4.79 Å². The first-order valence-corrected chi connectivity index (χ1v) is 6.87. The van der Waals surface area contributed by atoms with Gasteiger partial charge >= 0.3 is 12.1 Å². The van der Waals surface area contributed by atoms with Crippen LogP contribution in [0.2, 0.25) is 0 Å². The maximum Gasteiger partial charge on any atom is 0.490 e. The predicted octanol–water partition coefficient (Wildman–Crippen LogP) is 2.06. The monoisotopic (exact) mass is 369 g/mol. The highest BCUT2D eigenvalue weighted by Crippen LogP contribution is 2.31. The first-order chi connectivity index (χ1) is 7.85. The van der Waals surface area contributed by atoms with Crippen molar-refractivity contribution in [1.82, 2.24) is 0 Å². The first-order valence-electron chi connectivity index (χ1n) is 3.98. The van der Waals surface area contributed by atoms with E-state index in [1.807, 2.05) is 0 Å². The third-order valence-corrected chi connectivity index (χ3v) is 4.71. The summed E-state index contributed by atoms with van der Waals surface area (Å²) in [5.74, 6) is -3.08. The van der Waals surface area contributed by atoms with E-state index < -0.39 is 43.4 Å². The molecule has 2 N–H and O–H groups in total. The van der Waals surface area contributed by atoms with Crippen molar-refractivity contribution >= 4 is 63.2 Å². The highest BCUT2D eigenvalue weighted by molar-refractivity contribution is 7.91. The average molecular weight is 371 g/mol. The molecular weight excluding hydrogens is 365 g/mol. The molecule has 0 aliphatic heterocycles. The molecule has 3 unspecified atom stereocenters. The van der Waals surface area contributed by atoms with Crippen molar-refractivity contribution in [3.8, 4) is 0 Å². The number of carbonyl (C=O) groups excluding carboxylic acids is 1. The van der Waals surface area contributed by atoms with E-state index in [1.165, 1.54) is 0 Å². The van der Waals surface area contributed by atoms with E-state index >= 15 is 0 Å².